The van der Waals surface area contributed by atoms with Crippen LogP contribution in [0.25, 0.3) is 11.1 Å². The molecular weight excluding hydrogens is 545 g/mol. The van der Waals surface area contributed by atoms with Crippen LogP contribution in [0.1, 0.15) is 41.5 Å². The fraction of sp³-hybridized carbons (Fsp3) is 0.241. The number of rotatable bonds is 9. The fourth-order valence-electron chi connectivity index (χ4n) is 4.25. The van der Waals surface area contributed by atoms with Crippen LogP contribution in [0.3, 0.4) is 0 Å². The number of halogens is 3. The van der Waals surface area contributed by atoms with E-state index in [4.69, 9.17) is 44.3 Å². The Hall–Kier alpha value is -3.19. The van der Waals surface area contributed by atoms with E-state index in [1.807, 2.05) is 53.0 Å². The summed E-state index contributed by atoms with van der Waals surface area (Å²) in [6.45, 7) is 4.91. The summed E-state index contributed by atoms with van der Waals surface area (Å²) in [5, 5.41) is 6.21. The number of anilines is 1. The van der Waals surface area contributed by atoms with Crippen LogP contribution in [0, 0.1) is 0 Å². The first-order chi connectivity index (χ1) is 18.2. The van der Waals surface area contributed by atoms with E-state index < -0.39 is 0 Å². The Kier molecular flexibility index (Phi) is 8.87. The van der Waals surface area contributed by atoms with Gasteiger partial charge in [0, 0.05) is 36.8 Å². The molecule has 38 heavy (non-hydrogen) atoms. The largest absolute Gasteiger partial charge is 0.487 e. The zero-order chi connectivity index (χ0) is 27.4. The molecule has 4 aromatic rings. The van der Waals surface area contributed by atoms with Crippen LogP contribution in [0.5, 0.6) is 5.75 Å². The second-order valence-corrected chi connectivity index (χ2v) is 10.3. The highest BCUT2D eigenvalue weighted by Crippen LogP contribution is 2.38. The van der Waals surface area contributed by atoms with Crippen LogP contribution in [0.15, 0.2) is 66.9 Å². The van der Waals surface area contributed by atoms with Gasteiger partial charge in [0.15, 0.2) is 0 Å². The number of aromatic nitrogens is 2. The molecule has 0 N–H and O–H groups in total. The van der Waals surface area contributed by atoms with Gasteiger partial charge < -0.3 is 14.4 Å². The molecule has 198 valence electrons. The zero-order valence-electron chi connectivity index (χ0n) is 21.5. The molecule has 0 saturated carbocycles. The maximum absolute atomic E-state index is 11.9. The minimum atomic E-state index is -0.368. The molecule has 0 unspecified atom stereocenters. The summed E-state index contributed by atoms with van der Waals surface area (Å²) in [7, 11) is 3.31. The summed E-state index contributed by atoms with van der Waals surface area (Å²) in [5.41, 5.74) is 4.71. The zero-order valence-corrected chi connectivity index (χ0v) is 23.8. The highest BCUT2D eigenvalue weighted by molar-refractivity contribution is 6.39. The topological polar surface area (TPSA) is 56.6 Å². The first-order valence-electron chi connectivity index (χ1n) is 12.0. The van der Waals surface area contributed by atoms with E-state index >= 15 is 0 Å². The number of ether oxygens (including phenoxy) is 2. The van der Waals surface area contributed by atoms with Gasteiger partial charge in [-0.05, 0) is 55.8 Å². The molecule has 0 fully saturated rings. The van der Waals surface area contributed by atoms with E-state index in [1.165, 1.54) is 7.11 Å². The lowest BCUT2D eigenvalue weighted by Crippen LogP contribution is -2.17. The van der Waals surface area contributed by atoms with Crippen LogP contribution < -0.4 is 9.64 Å². The molecule has 0 aliphatic carbocycles. The van der Waals surface area contributed by atoms with E-state index in [9.17, 15) is 4.79 Å². The van der Waals surface area contributed by atoms with E-state index in [1.54, 1.807) is 30.5 Å². The number of carbonyl (C=O) groups is 1. The third-order valence-electron chi connectivity index (χ3n) is 6.09. The number of carbonyl (C=O) groups excluding carboxylic acids is 1. The van der Waals surface area contributed by atoms with E-state index in [0.29, 0.717) is 32.9 Å². The number of hydrogen-bond donors (Lipinski definition) is 0. The lowest BCUT2D eigenvalue weighted by molar-refractivity contribution is 0.0600. The molecule has 9 heteroatoms. The molecular formula is C29H28Cl3N3O3. The molecule has 4 rings (SSSR count). The molecule has 0 aliphatic rings. The molecule has 3 aromatic carbocycles. The van der Waals surface area contributed by atoms with Gasteiger partial charge in [0.2, 0.25) is 0 Å². The van der Waals surface area contributed by atoms with Crippen molar-refractivity contribution in [1.82, 2.24) is 9.78 Å². The van der Waals surface area contributed by atoms with Gasteiger partial charge in [0.25, 0.3) is 0 Å². The molecule has 6 nitrogen and oxygen atoms in total. The van der Waals surface area contributed by atoms with Gasteiger partial charge in [-0.15, -0.1) is 0 Å². The Morgan fingerprint density at radius 1 is 1.00 bits per heavy atom. The van der Waals surface area contributed by atoms with Crippen molar-refractivity contribution in [2.75, 3.05) is 19.1 Å². The van der Waals surface area contributed by atoms with Crippen LogP contribution in [-0.4, -0.2) is 29.9 Å². The molecule has 0 atom stereocenters. The van der Waals surface area contributed by atoms with Crippen molar-refractivity contribution in [1.29, 1.82) is 0 Å². The summed E-state index contributed by atoms with van der Waals surface area (Å²) < 4.78 is 12.9. The van der Waals surface area contributed by atoms with Gasteiger partial charge in [-0.1, -0.05) is 53.0 Å². The standard InChI is InChI=1S/C29H28Cl3N3O3/c1-18(2)35-27(22(15-33-35)28-23(30)9-6-10-24(28)31)17-38-21-11-12-26(25(32)14-21)34(3)16-19-7-5-8-20(13-19)29(36)37-4/h5-15,18H,16-17H2,1-4H3. The quantitative estimate of drug-likeness (QED) is 0.190. The fourth-order valence-corrected chi connectivity index (χ4v) is 5.17. The van der Waals surface area contributed by atoms with Crippen molar-refractivity contribution < 1.29 is 14.3 Å². The lowest BCUT2D eigenvalue weighted by atomic mass is 10.1. The first-order valence-corrected chi connectivity index (χ1v) is 13.1. The van der Waals surface area contributed by atoms with Crippen LogP contribution >= 0.6 is 34.8 Å². The number of hydrogen-bond acceptors (Lipinski definition) is 5. The smallest absolute Gasteiger partial charge is 0.337 e. The average molecular weight is 573 g/mol. The van der Waals surface area contributed by atoms with Crippen molar-refractivity contribution in [2.45, 2.75) is 33.0 Å². The van der Waals surface area contributed by atoms with Crippen LogP contribution in [0.2, 0.25) is 15.1 Å². The Morgan fingerprint density at radius 3 is 2.37 bits per heavy atom. The summed E-state index contributed by atoms with van der Waals surface area (Å²) in [6.07, 6.45) is 1.77. The van der Waals surface area contributed by atoms with Gasteiger partial charge in [0.1, 0.15) is 12.4 Å². The second-order valence-electron chi connectivity index (χ2n) is 9.09. The monoisotopic (exact) mass is 571 g/mol. The Labute approximate surface area is 237 Å². The summed E-state index contributed by atoms with van der Waals surface area (Å²) in [4.78, 5) is 13.9. The van der Waals surface area contributed by atoms with Gasteiger partial charge in [-0.3, -0.25) is 4.68 Å². The van der Waals surface area contributed by atoms with Gasteiger partial charge >= 0.3 is 5.97 Å². The molecule has 1 heterocycles. The molecule has 0 amide bonds. The third kappa shape index (κ3) is 6.09. The molecule has 0 saturated heterocycles. The van der Waals surface area contributed by atoms with Crippen molar-refractivity contribution in [2.24, 2.45) is 0 Å². The summed E-state index contributed by atoms with van der Waals surface area (Å²) in [6, 6.07) is 18.4. The average Bonchev–Trinajstić information content (AvgIpc) is 3.30. The highest BCUT2D eigenvalue weighted by Gasteiger charge is 2.20. The molecule has 0 spiro atoms. The maximum Gasteiger partial charge on any atom is 0.337 e. The van der Waals surface area contributed by atoms with Gasteiger partial charge in [0.05, 0.1) is 45.3 Å². The van der Waals surface area contributed by atoms with Crippen molar-refractivity contribution in [3.05, 3.63) is 98.7 Å². The summed E-state index contributed by atoms with van der Waals surface area (Å²) in [5.74, 6) is 0.250. The Morgan fingerprint density at radius 2 is 1.71 bits per heavy atom. The predicted molar refractivity (Wildman–Crippen MR) is 154 cm³/mol. The number of benzene rings is 3. The van der Waals surface area contributed by atoms with Crippen LogP contribution in [0.4, 0.5) is 5.69 Å². The second kappa shape index (κ2) is 12.1. The van der Waals surface area contributed by atoms with Crippen molar-refractivity contribution in [3.63, 3.8) is 0 Å². The van der Waals surface area contributed by atoms with E-state index in [2.05, 4.69) is 18.9 Å². The molecule has 0 aliphatic heterocycles. The minimum Gasteiger partial charge on any atom is -0.487 e. The number of esters is 1. The van der Waals surface area contributed by atoms with E-state index in [0.717, 1.165) is 28.1 Å². The Balaban J connectivity index is 1.53. The van der Waals surface area contributed by atoms with Crippen molar-refractivity contribution >= 4 is 46.5 Å². The predicted octanol–water partition coefficient (Wildman–Crippen LogP) is 8.09. The van der Waals surface area contributed by atoms with E-state index in [-0.39, 0.29) is 18.6 Å². The van der Waals surface area contributed by atoms with Crippen molar-refractivity contribution in [3.8, 4) is 16.9 Å². The van der Waals surface area contributed by atoms with Crippen LogP contribution in [-0.2, 0) is 17.9 Å². The lowest BCUT2D eigenvalue weighted by Gasteiger charge is -2.22. The van der Waals surface area contributed by atoms with Gasteiger partial charge in [-0.2, -0.15) is 5.10 Å². The minimum absolute atomic E-state index is 0.112. The first kappa shape index (κ1) is 27.8. The molecule has 0 bridgehead atoms. The third-order valence-corrected chi connectivity index (χ3v) is 7.03. The normalized spacial score (nSPS) is 11.1. The van der Waals surface area contributed by atoms with Gasteiger partial charge in [-0.25, -0.2) is 4.79 Å². The Bertz CT molecular complexity index is 1430. The SMILES string of the molecule is COC(=O)c1cccc(CN(C)c2ccc(OCc3c(-c4c(Cl)cccc4Cl)cnn3C(C)C)cc2Cl)c1. The number of methoxy groups -OCH3 is 1. The highest BCUT2D eigenvalue weighted by atomic mass is 35.5. The number of nitrogens with zero attached hydrogens (tertiary/aromatic N) is 3. The summed E-state index contributed by atoms with van der Waals surface area (Å²) >= 11 is 19.6. The molecule has 0 radical (unpaired) electrons. The molecule has 1 aromatic heterocycles. The maximum atomic E-state index is 11.9.